The third-order valence-corrected chi connectivity index (χ3v) is 6.19. The minimum Gasteiger partial charge on any atom is -0.326 e. The summed E-state index contributed by atoms with van der Waals surface area (Å²) in [6.07, 6.45) is 0. The molecule has 0 saturated carbocycles. The highest BCUT2D eigenvalue weighted by atomic mass is 32.2. The van der Waals surface area contributed by atoms with Crippen LogP contribution in [0.25, 0.3) is 0 Å². The number of nitrogens with zero attached hydrogens (tertiary/aromatic N) is 1. The van der Waals surface area contributed by atoms with Crippen molar-refractivity contribution in [3.8, 4) is 0 Å². The Morgan fingerprint density at radius 3 is 2.07 bits per heavy atom. The van der Waals surface area contributed by atoms with Crippen molar-refractivity contribution in [1.82, 2.24) is 4.31 Å². The van der Waals surface area contributed by atoms with Gasteiger partial charge in [0.05, 0.1) is 11.4 Å². The molecule has 0 saturated heterocycles. The number of sulfonamides is 1. The fourth-order valence-electron chi connectivity index (χ4n) is 2.69. The molecule has 2 rings (SSSR count). The molecular weight excluding hydrogens is 378 g/mol. The quantitative estimate of drug-likeness (QED) is 0.743. The van der Waals surface area contributed by atoms with E-state index in [4.69, 9.17) is 0 Å². The average Bonchev–Trinajstić information content (AvgIpc) is 2.62. The molecule has 0 radical (unpaired) electrons. The number of nitrogens with one attached hydrogen (secondary N) is 2. The van der Waals surface area contributed by atoms with Gasteiger partial charge in [0.1, 0.15) is 0 Å². The number of benzene rings is 2. The Balaban J connectivity index is 2.12. The molecule has 0 heterocycles. The van der Waals surface area contributed by atoms with Gasteiger partial charge in [-0.2, -0.15) is 4.31 Å². The minimum absolute atomic E-state index is 0.171. The van der Waals surface area contributed by atoms with E-state index in [1.807, 2.05) is 13.0 Å². The molecule has 0 spiro atoms. The summed E-state index contributed by atoms with van der Waals surface area (Å²) in [5.74, 6) is -0.630. The second-order valence-electron chi connectivity index (χ2n) is 6.51. The SMILES string of the molecule is CCN(CC(=O)Nc1ccc(NC(C)=O)cc1)S(=O)(=O)c1cc(C)ccc1C. The summed E-state index contributed by atoms with van der Waals surface area (Å²) in [6, 6.07) is 11.8. The van der Waals surface area contributed by atoms with Crippen LogP contribution in [-0.2, 0) is 19.6 Å². The lowest BCUT2D eigenvalue weighted by molar-refractivity contribution is -0.116. The Morgan fingerprint density at radius 1 is 0.964 bits per heavy atom. The van der Waals surface area contributed by atoms with Gasteiger partial charge in [0, 0.05) is 24.8 Å². The van der Waals surface area contributed by atoms with E-state index in [-0.39, 0.29) is 23.9 Å². The number of likely N-dealkylation sites (N-methyl/N-ethyl adjacent to an activating group) is 1. The summed E-state index contributed by atoms with van der Waals surface area (Å²) in [7, 11) is -3.79. The van der Waals surface area contributed by atoms with E-state index in [1.165, 1.54) is 6.92 Å². The lowest BCUT2D eigenvalue weighted by Crippen LogP contribution is -2.38. The van der Waals surface area contributed by atoms with Crippen LogP contribution in [0.15, 0.2) is 47.4 Å². The van der Waals surface area contributed by atoms with Crippen LogP contribution in [0.2, 0.25) is 0 Å². The Kier molecular flexibility index (Phi) is 6.93. The monoisotopic (exact) mass is 403 g/mol. The lowest BCUT2D eigenvalue weighted by Gasteiger charge is -2.21. The summed E-state index contributed by atoms with van der Waals surface area (Å²) < 4.78 is 27.1. The molecule has 2 N–H and O–H groups in total. The van der Waals surface area contributed by atoms with Gasteiger partial charge in [0.15, 0.2) is 0 Å². The van der Waals surface area contributed by atoms with Crippen LogP contribution in [0.3, 0.4) is 0 Å². The van der Waals surface area contributed by atoms with Crippen molar-refractivity contribution in [2.24, 2.45) is 0 Å². The maximum atomic E-state index is 13.0. The van der Waals surface area contributed by atoms with E-state index in [9.17, 15) is 18.0 Å². The van der Waals surface area contributed by atoms with Crippen molar-refractivity contribution in [2.75, 3.05) is 23.7 Å². The van der Waals surface area contributed by atoms with Crippen molar-refractivity contribution in [3.63, 3.8) is 0 Å². The minimum atomic E-state index is -3.79. The van der Waals surface area contributed by atoms with Crippen LogP contribution < -0.4 is 10.6 Å². The van der Waals surface area contributed by atoms with Gasteiger partial charge in [0.2, 0.25) is 21.8 Å². The van der Waals surface area contributed by atoms with Gasteiger partial charge in [0.25, 0.3) is 0 Å². The first-order valence-corrected chi connectivity index (χ1v) is 10.3. The number of hydrogen-bond donors (Lipinski definition) is 2. The topological polar surface area (TPSA) is 95.6 Å². The molecule has 0 atom stereocenters. The first-order chi connectivity index (χ1) is 13.1. The zero-order chi connectivity index (χ0) is 20.9. The Labute approximate surface area is 165 Å². The summed E-state index contributed by atoms with van der Waals surface area (Å²) in [5.41, 5.74) is 2.60. The van der Waals surface area contributed by atoms with Gasteiger partial charge in [-0.15, -0.1) is 0 Å². The highest BCUT2D eigenvalue weighted by Crippen LogP contribution is 2.21. The van der Waals surface area contributed by atoms with Crippen LogP contribution in [0.5, 0.6) is 0 Å². The lowest BCUT2D eigenvalue weighted by atomic mass is 10.2. The summed E-state index contributed by atoms with van der Waals surface area (Å²) in [6.45, 7) is 6.54. The van der Waals surface area contributed by atoms with E-state index in [0.717, 1.165) is 9.87 Å². The third-order valence-electron chi connectivity index (χ3n) is 4.12. The van der Waals surface area contributed by atoms with Gasteiger partial charge in [-0.3, -0.25) is 9.59 Å². The van der Waals surface area contributed by atoms with Crippen molar-refractivity contribution in [2.45, 2.75) is 32.6 Å². The molecule has 150 valence electrons. The van der Waals surface area contributed by atoms with Crippen LogP contribution >= 0.6 is 0 Å². The Bertz CT molecular complexity index is 969. The number of anilines is 2. The normalized spacial score (nSPS) is 11.3. The van der Waals surface area contributed by atoms with Crippen LogP contribution in [-0.4, -0.2) is 37.6 Å². The molecule has 0 fully saturated rings. The fourth-order valence-corrected chi connectivity index (χ4v) is 4.41. The predicted octanol–water partition coefficient (Wildman–Crippen LogP) is 2.91. The maximum absolute atomic E-state index is 13.0. The first-order valence-electron chi connectivity index (χ1n) is 8.88. The number of amides is 2. The van der Waals surface area contributed by atoms with Gasteiger partial charge in [-0.25, -0.2) is 8.42 Å². The van der Waals surface area contributed by atoms with Crippen LogP contribution in [0.1, 0.15) is 25.0 Å². The molecule has 0 bridgehead atoms. The summed E-state index contributed by atoms with van der Waals surface area (Å²) >= 11 is 0. The van der Waals surface area contributed by atoms with E-state index in [1.54, 1.807) is 50.2 Å². The molecule has 2 aromatic carbocycles. The van der Waals surface area contributed by atoms with E-state index < -0.39 is 15.9 Å². The third kappa shape index (κ3) is 5.40. The van der Waals surface area contributed by atoms with Crippen molar-refractivity contribution in [3.05, 3.63) is 53.6 Å². The van der Waals surface area contributed by atoms with E-state index in [2.05, 4.69) is 10.6 Å². The Morgan fingerprint density at radius 2 is 1.54 bits per heavy atom. The maximum Gasteiger partial charge on any atom is 0.243 e. The predicted molar refractivity (Wildman–Crippen MR) is 110 cm³/mol. The number of hydrogen-bond acceptors (Lipinski definition) is 4. The molecule has 2 aromatic rings. The van der Waals surface area contributed by atoms with Crippen molar-refractivity contribution in [1.29, 1.82) is 0 Å². The van der Waals surface area contributed by atoms with Gasteiger partial charge in [-0.05, 0) is 55.3 Å². The molecule has 2 amide bonds. The molecule has 0 aliphatic carbocycles. The molecule has 0 unspecified atom stereocenters. The number of carbonyl (C=O) groups excluding carboxylic acids is 2. The highest BCUT2D eigenvalue weighted by molar-refractivity contribution is 7.89. The van der Waals surface area contributed by atoms with Gasteiger partial charge in [-0.1, -0.05) is 19.1 Å². The summed E-state index contributed by atoms with van der Waals surface area (Å²) in [5, 5.41) is 5.31. The molecule has 0 aromatic heterocycles. The number of rotatable bonds is 7. The van der Waals surface area contributed by atoms with Crippen LogP contribution in [0.4, 0.5) is 11.4 Å². The van der Waals surface area contributed by atoms with E-state index >= 15 is 0 Å². The first kappa shape index (κ1) is 21.6. The molecule has 8 heteroatoms. The van der Waals surface area contributed by atoms with Crippen LogP contribution in [0, 0.1) is 13.8 Å². The molecule has 28 heavy (non-hydrogen) atoms. The molecular formula is C20H25N3O4S. The van der Waals surface area contributed by atoms with Crippen molar-refractivity contribution < 1.29 is 18.0 Å². The molecule has 0 aliphatic heterocycles. The smallest absolute Gasteiger partial charge is 0.243 e. The Hall–Kier alpha value is -2.71. The summed E-state index contributed by atoms with van der Waals surface area (Å²) in [4.78, 5) is 23.6. The zero-order valence-corrected chi connectivity index (χ0v) is 17.3. The highest BCUT2D eigenvalue weighted by Gasteiger charge is 2.26. The number of aryl methyl sites for hydroxylation is 2. The van der Waals surface area contributed by atoms with Crippen molar-refractivity contribution >= 4 is 33.2 Å². The molecule has 0 aliphatic rings. The van der Waals surface area contributed by atoms with Gasteiger partial charge >= 0.3 is 0 Å². The average molecular weight is 404 g/mol. The second kappa shape index (κ2) is 8.99. The molecule has 7 nitrogen and oxygen atoms in total. The zero-order valence-electron chi connectivity index (χ0n) is 16.4. The largest absolute Gasteiger partial charge is 0.326 e. The second-order valence-corrected chi connectivity index (χ2v) is 8.41. The van der Waals surface area contributed by atoms with E-state index in [0.29, 0.717) is 16.9 Å². The fraction of sp³-hybridized carbons (Fsp3) is 0.300. The van der Waals surface area contributed by atoms with Gasteiger partial charge < -0.3 is 10.6 Å². The number of carbonyl (C=O) groups is 2. The standard InChI is InChI=1S/C20H25N3O4S/c1-5-23(28(26,27)19-12-14(2)6-7-15(19)3)13-20(25)22-18-10-8-17(9-11-18)21-16(4)24/h6-12H,5,13H2,1-4H3,(H,21,24)(H,22,25).